The van der Waals surface area contributed by atoms with Crippen LogP contribution in [-0.4, -0.2) is 33.2 Å². The summed E-state index contributed by atoms with van der Waals surface area (Å²) in [6, 6.07) is 7.93. The Hall–Kier alpha value is -2.14. The Bertz CT molecular complexity index is 678. The number of nitrogens with zero attached hydrogens (tertiary/aromatic N) is 3. The zero-order valence-corrected chi connectivity index (χ0v) is 11.8. The molecule has 0 unspecified atom stereocenters. The third-order valence-corrected chi connectivity index (χ3v) is 4.28. The van der Waals surface area contributed by atoms with E-state index in [4.69, 9.17) is 4.42 Å². The van der Waals surface area contributed by atoms with Crippen LogP contribution in [0.15, 0.2) is 41.1 Å². The summed E-state index contributed by atoms with van der Waals surface area (Å²) in [5.41, 5.74) is 3.15. The minimum atomic E-state index is 0.628. The first-order chi connectivity index (χ1) is 10.4. The molecule has 5 heteroatoms. The lowest BCUT2D eigenvalue weighted by Crippen LogP contribution is -2.32. The van der Waals surface area contributed by atoms with Gasteiger partial charge in [0.2, 0.25) is 5.89 Å². The van der Waals surface area contributed by atoms with E-state index in [1.807, 2.05) is 36.7 Å². The van der Waals surface area contributed by atoms with Gasteiger partial charge in [-0.3, -0.25) is 10.00 Å². The number of aromatic amines is 1. The van der Waals surface area contributed by atoms with E-state index in [2.05, 4.69) is 20.1 Å². The second kappa shape index (κ2) is 5.33. The van der Waals surface area contributed by atoms with Crippen LogP contribution in [0.5, 0.6) is 0 Å². The average Bonchev–Trinajstić information content (AvgIpc) is 3.17. The first-order valence-corrected chi connectivity index (χ1v) is 7.44. The van der Waals surface area contributed by atoms with Crippen LogP contribution in [0.25, 0.3) is 11.1 Å². The maximum absolute atomic E-state index is 5.80. The molecular formula is C16H18N4O. The molecule has 0 radical (unpaired) electrons. The predicted octanol–water partition coefficient (Wildman–Crippen LogP) is 2.93. The SMILES string of the molecule is c1ccc2oc(CN3CCC(c4cn[nH]c4)CC3)nc2c1. The highest BCUT2D eigenvalue weighted by Crippen LogP contribution is 2.28. The van der Waals surface area contributed by atoms with E-state index in [9.17, 15) is 0 Å². The second-order valence-corrected chi connectivity index (χ2v) is 5.66. The number of nitrogens with one attached hydrogen (secondary N) is 1. The third kappa shape index (κ3) is 2.56. The van der Waals surface area contributed by atoms with Crippen LogP contribution in [0.1, 0.15) is 30.2 Å². The maximum Gasteiger partial charge on any atom is 0.209 e. The summed E-state index contributed by atoms with van der Waals surface area (Å²) in [4.78, 5) is 6.97. The quantitative estimate of drug-likeness (QED) is 0.802. The van der Waals surface area contributed by atoms with Crippen molar-refractivity contribution < 1.29 is 4.42 Å². The molecule has 2 aromatic heterocycles. The molecule has 0 saturated carbocycles. The topological polar surface area (TPSA) is 58.0 Å². The molecule has 5 nitrogen and oxygen atoms in total. The molecular weight excluding hydrogens is 264 g/mol. The van der Waals surface area contributed by atoms with Crippen LogP contribution in [0.2, 0.25) is 0 Å². The molecule has 3 aromatic rings. The lowest BCUT2D eigenvalue weighted by Gasteiger charge is -2.30. The van der Waals surface area contributed by atoms with Crippen molar-refractivity contribution in [1.82, 2.24) is 20.1 Å². The Morgan fingerprint density at radius 2 is 2.10 bits per heavy atom. The fourth-order valence-corrected chi connectivity index (χ4v) is 3.09. The minimum Gasteiger partial charge on any atom is -0.439 e. The summed E-state index contributed by atoms with van der Waals surface area (Å²) in [5.74, 6) is 1.45. The van der Waals surface area contributed by atoms with Gasteiger partial charge in [-0.1, -0.05) is 12.1 Å². The number of aromatic nitrogens is 3. The van der Waals surface area contributed by atoms with Crippen LogP contribution < -0.4 is 0 Å². The Labute approximate surface area is 123 Å². The molecule has 1 saturated heterocycles. The predicted molar refractivity (Wildman–Crippen MR) is 79.8 cm³/mol. The van der Waals surface area contributed by atoms with Gasteiger partial charge in [0.25, 0.3) is 0 Å². The summed E-state index contributed by atoms with van der Waals surface area (Å²) < 4.78 is 5.80. The second-order valence-electron chi connectivity index (χ2n) is 5.66. The first kappa shape index (κ1) is 12.6. The molecule has 0 spiro atoms. The largest absolute Gasteiger partial charge is 0.439 e. The maximum atomic E-state index is 5.80. The summed E-state index contributed by atoms with van der Waals surface area (Å²) >= 11 is 0. The molecule has 0 amide bonds. The summed E-state index contributed by atoms with van der Waals surface area (Å²) in [6.45, 7) is 2.95. The highest BCUT2D eigenvalue weighted by Gasteiger charge is 2.22. The van der Waals surface area contributed by atoms with Gasteiger partial charge in [-0.2, -0.15) is 5.10 Å². The number of fused-ring (bicyclic) bond motifs is 1. The lowest BCUT2D eigenvalue weighted by atomic mass is 9.92. The molecule has 4 rings (SSSR count). The van der Waals surface area contributed by atoms with Crippen molar-refractivity contribution in [3.63, 3.8) is 0 Å². The molecule has 1 fully saturated rings. The normalized spacial score (nSPS) is 17.5. The molecule has 1 N–H and O–H groups in total. The van der Waals surface area contributed by atoms with Crippen LogP contribution in [-0.2, 0) is 6.54 Å². The van der Waals surface area contributed by atoms with E-state index in [0.29, 0.717) is 5.92 Å². The Morgan fingerprint density at radius 3 is 2.86 bits per heavy atom. The number of piperidine rings is 1. The van der Waals surface area contributed by atoms with Crippen LogP contribution in [0.4, 0.5) is 0 Å². The van der Waals surface area contributed by atoms with Crippen molar-refractivity contribution in [2.45, 2.75) is 25.3 Å². The highest BCUT2D eigenvalue weighted by atomic mass is 16.3. The molecule has 0 aliphatic carbocycles. The third-order valence-electron chi connectivity index (χ3n) is 4.28. The summed E-state index contributed by atoms with van der Waals surface area (Å²) in [7, 11) is 0. The van der Waals surface area contributed by atoms with Gasteiger partial charge in [0.15, 0.2) is 5.58 Å². The number of rotatable bonds is 3. The standard InChI is InChI=1S/C16H18N4O/c1-2-4-15-14(3-1)19-16(21-15)11-20-7-5-12(6-8-20)13-9-17-18-10-13/h1-4,9-10,12H,5-8,11H2,(H,17,18). The molecule has 0 bridgehead atoms. The van der Waals surface area contributed by atoms with E-state index >= 15 is 0 Å². The van der Waals surface area contributed by atoms with Gasteiger partial charge in [0.05, 0.1) is 12.7 Å². The summed E-state index contributed by atoms with van der Waals surface area (Å²) in [6.07, 6.45) is 6.29. The molecule has 1 aromatic carbocycles. The lowest BCUT2D eigenvalue weighted by molar-refractivity contribution is 0.189. The molecule has 3 heterocycles. The monoisotopic (exact) mass is 282 g/mol. The highest BCUT2D eigenvalue weighted by molar-refractivity contribution is 5.72. The fourth-order valence-electron chi connectivity index (χ4n) is 3.09. The van der Waals surface area contributed by atoms with E-state index in [1.165, 1.54) is 18.4 Å². The average molecular weight is 282 g/mol. The molecule has 0 atom stereocenters. The fraction of sp³-hybridized carbons (Fsp3) is 0.375. The van der Waals surface area contributed by atoms with Crippen molar-refractivity contribution in [2.24, 2.45) is 0 Å². The van der Waals surface area contributed by atoms with Crippen molar-refractivity contribution in [3.8, 4) is 0 Å². The van der Waals surface area contributed by atoms with E-state index < -0.39 is 0 Å². The molecule has 1 aliphatic rings. The molecule has 21 heavy (non-hydrogen) atoms. The van der Waals surface area contributed by atoms with E-state index in [1.54, 1.807) is 0 Å². The number of oxazole rings is 1. The Kier molecular flexibility index (Phi) is 3.20. The van der Waals surface area contributed by atoms with Crippen molar-refractivity contribution in [3.05, 3.63) is 48.1 Å². The number of H-pyrrole nitrogens is 1. The van der Waals surface area contributed by atoms with Crippen LogP contribution >= 0.6 is 0 Å². The molecule has 1 aliphatic heterocycles. The van der Waals surface area contributed by atoms with Crippen molar-refractivity contribution in [1.29, 1.82) is 0 Å². The zero-order valence-electron chi connectivity index (χ0n) is 11.8. The van der Waals surface area contributed by atoms with Gasteiger partial charge in [-0.15, -0.1) is 0 Å². The summed E-state index contributed by atoms with van der Waals surface area (Å²) in [5, 5.41) is 6.95. The van der Waals surface area contributed by atoms with Gasteiger partial charge in [0.1, 0.15) is 5.52 Å². The van der Waals surface area contributed by atoms with Crippen molar-refractivity contribution in [2.75, 3.05) is 13.1 Å². The molecule has 108 valence electrons. The Balaban J connectivity index is 1.40. The number of hydrogen-bond acceptors (Lipinski definition) is 4. The number of likely N-dealkylation sites (tertiary alicyclic amines) is 1. The minimum absolute atomic E-state index is 0.628. The first-order valence-electron chi connectivity index (χ1n) is 7.44. The van der Waals surface area contributed by atoms with Gasteiger partial charge >= 0.3 is 0 Å². The van der Waals surface area contributed by atoms with Crippen molar-refractivity contribution >= 4 is 11.1 Å². The van der Waals surface area contributed by atoms with Gasteiger partial charge in [-0.05, 0) is 49.5 Å². The number of hydrogen-bond donors (Lipinski definition) is 1. The van der Waals surface area contributed by atoms with E-state index in [-0.39, 0.29) is 0 Å². The number of para-hydroxylation sites is 2. The van der Waals surface area contributed by atoms with Gasteiger partial charge < -0.3 is 4.42 Å². The zero-order chi connectivity index (χ0) is 14.1. The van der Waals surface area contributed by atoms with Crippen LogP contribution in [0.3, 0.4) is 0 Å². The van der Waals surface area contributed by atoms with Gasteiger partial charge in [-0.25, -0.2) is 4.98 Å². The Morgan fingerprint density at radius 1 is 1.24 bits per heavy atom. The smallest absolute Gasteiger partial charge is 0.209 e. The van der Waals surface area contributed by atoms with E-state index in [0.717, 1.165) is 36.6 Å². The van der Waals surface area contributed by atoms with Gasteiger partial charge in [0, 0.05) is 6.20 Å². The number of benzene rings is 1. The van der Waals surface area contributed by atoms with Crippen LogP contribution in [0, 0.1) is 0 Å².